The van der Waals surface area contributed by atoms with Crippen molar-refractivity contribution in [1.29, 1.82) is 0 Å². The van der Waals surface area contributed by atoms with Gasteiger partial charge < -0.3 is 4.90 Å². The number of rotatable bonds is 4. The minimum atomic E-state index is -0.262. The number of aryl methyl sites for hydroxylation is 3. The highest BCUT2D eigenvalue weighted by molar-refractivity contribution is 6.36. The van der Waals surface area contributed by atoms with Gasteiger partial charge in [-0.25, -0.2) is 0 Å². The maximum Gasteiger partial charge on any atom is 0.278 e. The standard InChI is InChI=1S/C27H25N3O2/c1-18-12-13-21(16-19(18)2)24-25(29-15-7-9-20-8-3-4-11-23(20)29)27(32)30(26(24)31)17-22-10-5-6-14-28-22/h3-6,8,10-14,16H,7,9,15,17H2,1-2H3. The summed E-state index contributed by atoms with van der Waals surface area (Å²) in [6.45, 7) is 4.94. The molecule has 2 aliphatic heterocycles. The maximum absolute atomic E-state index is 13.7. The molecule has 32 heavy (non-hydrogen) atoms. The Balaban J connectivity index is 1.65. The number of para-hydroxylation sites is 1. The topological polar surface area (TPSA) is 53.5 Å². The van der Waals surface area contributed by atoms with E-state index in [1.165, 1.54) is 10.5 Å². The van der Waals surface area contributed by atoms with Crippen molar-refractivity contribution < 1.29 is 9.59 Å². The van der Waals surface area contributed by atoms with Crippen LogP contribution in [0, 0.1) is 13.8 Å². The fourth-order valence-electron chi connectivity index (χ4n) is 4.53. The van der Waals surface area contributed by atoms with Crippen molar-refractivity contribution in [2.75, 3.05) is 11.4 Å². The Morgan fingerprint density at radius 2 is 1.72 bits per heavy atom. The second-order valence-corrected chi connectivity index (χ2v) is 8.42. The SMILES string of the molecule is Cc1ccc(C2=C(N3CCCc4ccccc43)C(=O)N(Cc3ccccn3)C2=O)cc1C. The van der Waals surface area contributed by atoms with Crippen molar-refractivity contribution in [3.8, 4) is 0 Å². The molecule has 0 saturated carbocycles. The Morgan fingerprint density at radius 3 is 2.50 bits per heavy atom. The van der Waals surface area contributed by atoms with Crippen molar-refractivity contribution in [2.45, 2.75) is 33.2 Å². The van der Waals surface area contributed by atoms with Gasteiger partial charge in [-0.05, 0) is 67.1 Å². The molecule has 0 bridgehead atoms. The van der Waals surface area contributed by atoms with Crippen molar-refractivity contribution in [1.82, 2.24) is 9.88 Å². The molecule has 160 valence electrons. The molecular weight excluding hydrogens is 398 g/mol. The van der Waals surface area contributed by atoms with E-state index in [-0.39, 0.29) is 18.4 Å². The summed E-state index contributed by atoms with van der Waals surface area (Å²) >= 11 is 0. The average molecular weight is 424 g/mol. The molecule has 3 heterocycles. The first-order valence-corrected chi connectivity index (χ1v) is 11.0. The molecule has 2 aliphatic rings. The molecule has 0 unspecified atom stereocenters. The number of amides is 2. The molecular formula is C27H25N3O2. The van der Waals surface area contributed by atoms with E-state index in [1.807, 2.05) is 73.3 Å². The number of anilines is 1. The first-order valence-electron chi connectivity index (χ1n) is 11.0. The summed E-state index contributed by atoms with van der Waals surface area (Å²) in [7, 11) is 0. The van der Waals surface area contributed by atoms with Gasteiger partial charge in [0.05, 0.1) is 17.8 Å². The Kier molecular flexibility index (Phi) is 5.10. The van der Waals surface area contributed by atoms with Crippen molar-refractivity contribution in [2.24, 2.45) is 0 Å². The van der Waals surface area contributed by atoms with Gasteiger partial charge in [0.2, 0.25) is 0 Å². The number of pyridine rings is 1. The monoisotopic (exact) mass is 423 g/mol. The first kappa shape index (κ1) is 20.2. The highest BCUT2D eigenvalue weighted by Crippen LogP contribution is 2.38. The van der Waals surface area contributed by atoms with Gasteiger partial charge in [0, 0.05) is 18.4 Å². The molecule has 0 atom stereocenters. The van der Waals surface area contributed by atoms with Crippen LogP contribution in [0.15, 0.2) is 72.6 Å². The predicted octanol–water partition coefficient (Wildman–Crippen LogP) is 4.43. The van der Waals surface area contributed by atoms with Crippen LogP contribution in [-0.4, -0.2) is 28.2 Å². The number of nitrogens with zero attached hydrogens (tertiary/aromatic N) is 3. The average Bonchev–Trinajstić information content (AvgIpc) is 3.06. The summed E-state index contributed by atoms with van der Waals surface area (Å²) < 4.78 is 0. The molecule has 2 amide bonds. The van der Waals surface area contributed by atoms with E-state index in [0.717, 1.165) is 35.2 Å². The number of imide groups is 1. The highest BCUT2D eigenvalue weighted by Gasteiger charge is 2.42. The molecule has 0 N–H and O–H groups in total. The molecule has 5 nitrogen and oxygen atoms in total. The summed E-state index contributed by atoms with van der Waals surface area (Å²) in [5, 5.41) is 0. The van der Waals surface area contributed by atoms with Crippen LogP contribution in [0.4, 0.5) is 5.69 Å². The summed E-state index contributed by atoms with van der Waals surface area (Å²) in [6.07, 6.45) is 3.58. The van der Waals surface area contributed by atoms with Gasteiger partial charge in [-0.2, -0.15) is 0 Å². The smallest absolute Gasteiger partial charge is 0.278 e. The quantitative estimate of drug-likeness (QED) is 0.583. The maximum atomic E-state index is 13.7. The van der Waals surface area contributed by atoms with Gasteiger partial charge in [-0.3, -0.25) is 19.5 Å². The number of carbonyl (C=O) groups excluding carboxylic acids is 2. The van der Waals surface area contributed by atoms with E-state index in [9.17, 15) is 9.59 Å². The number of aromatic nitrogens is 1. The van der Waals surface area contributed by atoms with E-state index >= 15 is 0 Å². The third kappa shape index (κ3) is 3.40. The fraction of sp³-hybridized carbons (Fsp3) is 0.222. The molecule has 0 radical (unpaired) electrons. The van der Waals surface area contributed by atoms with E-state index in [1.54, 1.807) is 6.20 Å². The van der Waals surface area contributed by atoms with Crippen LogP contribution < -0.4 is 4.90 Å². The largest absolute Gasteiger partial charge is 0.336 e. The third-order valence-electron chi connectivity index (χ3n) is 6.37. The zero-order valence-corrected chi connectivity index (χ0v) is 18.3. The lowest BCUT2D eigenvalue weighted by atomic mass is 9.97. The van der Waals surface area contributed by atoms with Crippen LogP contribution in [0.1, 0.15) is 34.4 Å². The van der Waals surface area contributed by atoms with Crippen LogP contribution in [0.3, 0.4) is 0 Å². The van der Waals surface area contributed by atoms with Gasteiger partial charge >= 0.3 is 0 Å². The van der Waals surface area contributed by atoms with Crippen LogP contribution in [0.25, 0.3) is 5.57 Å². The Morgan fingerprint density at radius 1 is 0.906 bits per heavy atom. The molecule has 0 aliphatic carbocycles. The summed E-state index contributed by atoms with van der Waals surface area (Å²) in [4.78, 5) is 35.1. The Hall–Kier alpha value is -3.73. The van der Waals surface area contributed by atoms with Gasteiger partial charge in [0.15, 0.2) is 0 Å². The van der Waals surface area contributed by atoms with Crippen LogP contribution in [0.5, 0.6) is 0 Å². The minimum absolute atomic E-state index is 0.159. The van der Waals surface area contributed by atoms with Crippen LogP contribution >= 0.6 is 0 Å². The number of fused-ring (bicyclic) bond motifs is 1. The van der Waals surface area contributed by atoms with E-state index in [0.29, 0.717) is 23.5 Å². The van der Waals surface area contributed by atoms with Crippen LogP contribution in [-0.2, 0) is 22.6 Å². The third-order valence-corrected chi connectivity index (χ3v) is 6.37. The normalized spacial score (nSPS) is 16.1. The number of hydrogen-bond acceptors (Lipinski definition) is 4. The summed E-state index contributed by atoms with van der Waals surface area (Å²) in [5.41, 5.74) is 6.89. The van der Waals surface area contributed by atoms with Crippen molar-refractivity contribution in [3.05, 3.63) is 101 Å². The molecule has 5 heteroatoms. The van der Waals surface area contributed by atoms with Crippen molar-refractivity contribution in [3.63, 3.8) is 0 Å². The van der Waals surface area contributed by atoms with Gasteiger partial charge in [0.25, 0.3) is 11.8 Å². The molecule has 1 aromatic heterocycles. The predicted molar refractivity (Wildman–Crippen MR) is 125 cm³/mol. The Labute approximate surface area is 188 Å². The molecule has 0 saturated heterocycles. The zero-order chi connectivity index (χ0) is 22.2. The number of carbonyl (C=O) groups is 2. The fourth-order valence-corrected chi connectivity index (χ4v) is 4.53. The van der Waals surface area contributed by atoms with Crippen molar-refractivity contribution >= 4 is 23.1 Å². The molecule has 5 rings (SSSR count). The van der Waals surface area contributed by atoms with E-state index in [2.05, 4.69) is 11.1 Å². The molecule has 2 aromatic carbocycles. The van der Waals surface area contributed by atoms with E-state index < -0.39 is 0 Å². The van der Waals surface area contributed by atoms with Gasteiger partial charge in [0.1, 0.15) is 5.70 Å². The lowest BCUT2D eigenvalue weighted by Crippen LogP contribution is -2.37. The minimum Gasteiger partial charge on any atom is -0.336 e. The summed E-state index contributed by atoms with van der Waals surface area (Å²) in [6, 6.07) is 19.7. The summed E-state index contributed by atoms with van der Waals surface area (Å²) in [5.74, 6) is -0.521. The second-order valence-electron chi connectivity index (χ2n) is 8.42. The molecule has 3 aromatic rings. The zero-order valence-electron chi connectivity index (χ0n) is 18.3. The van der Waals surface area contributed by atoms with Crippen LogP contribution in [0.2, 0.25) is 0 Å². The lowest BCUT2D eigenvalue weighted by Gasteiger charge is -2.32. The second kappa shape index (κ2) is 8.08. The van der Waals surface area contributed by atoms with E-state index in [4.69, 9.17) is 0 Å². The molecule has 0 fully saturated rings. The van der Waals surface area contributed by atoms with Gasteiger partial charge in [-0.15, -0.1) is 0 Å². The highest BCUT2D eigenvalue weighted by atomic mass is 16.2. The number of hydrogen-bond donors (Lipinski definition) is 0. The Bertz CT molecular complexity index is 1250. The number of benzene rings is 2. The first-order chi connectivity index (χ1) is 15.5. The molecule has 0 spiro atoms. The lowest BCUT2D eigenvalue weighted by molar-refractivity contribution is -0.137. The van der Waals surface area contributed by atoms with Gasteiger partial charge in [-0.1, -0.05) is 42.5 Å².